The van der Waals surface area contributed by atoms with Crippen LogP contribution in [-0.4, -0.2) is 15.5 Å². The zero-order chi connectivity index (χ0) is 9.97. The molecule has 1 heterocycles. The Morgan fingerprint density at radius 3 is 3.14 bits per heavy atom. The van der Waals surface area contributed by atoms with Crippen LogP contribution in [0.5, 0.6) is 0 Å². The second-order valence-corrected chi connectivity index (χ2v) is 3.54. The van der Waals surface area contributed by atoms with Crippen molar-refractivity contribution in [1.29, 1.82) is 0 Å². The SMILES string of the molecule is Cn1ncc2ccc(C=CCS)cc21. The first kappa shape index (κ1) is 9.34. The molecule has 1 aromatic carbocycles. The quantitative estimate of drug-likeness (QED) is 0.744. The van der Waals surface area contributed by atoms with E-state index in [4.69, 9.17) is 0 Å². The zero-order valence-electron chi connectivity index (χ0n) is 8.01. The summed E-state index contributed by atoms with van der Waals surface area (Å²) >= 11 is 4.13. The largest absolute Gasteiger partial charge is 0.268 e. The minimum Gasteiger partial charge on any atom is -0.268 e. The molecule has 0 bridgehead atoms. The van der Waals surface area contributed by atoms with Crippen molar-refractivity contribution in [2.75, 3.05) is 5.75 Å². The molecule has 0 atom stereocenters. The van der Waals surface area contributed by atoms with Crippen LogP contribution in [0.25, 0.3) is 17.0 Å². The normalized spacial score (nSPS) is 11.6. The summed E-state index contributed by atoms with van der Waals surface area (Å²) in [5.41, 5.74) is 2.35. The second kappa shape index (κ2) is 3.88. The average molecular weight is 204 g/mol. The van der Waals surface area contributed by atoms with Gasteiger partial charge in [0.1, 0.15) is 0 Å². The summed E-state index contributed by atoms with van der Waals surface area (Å²) < 4.78 is 1.88. The van der Waals surface area contributed by atoms with Crippen LogP contribution in [0.4, 0.5) is 0 Å². The third-order valence-electron chi connectivity index (χ3n) is 2.19. The highest BCUT2D eigenvalue weighted by Gasteiger charge is 1.98. The van der Waals surface area contributed by atoms with Gasteiger partial charge in [-0.3, -0.25) is 4.68 Å². The lowest BCUT2D eigenvalue weighted by Crippen LogP contribution is -1.88. The van der Waals surface area contributed by atoms with E-state index in [1.807, 2.05) is 24.0 Å². The Labute approximate surface area is 88.6 Å². The number of rotatable bonds is 2. The lowest BCUT2D eigenvalue weighted by Gasteiger charge is -1.96. The Balaban J connectivity index is 2.49. The third kappa shape index (κ3) is 1.68. The van der Waals surface area contributed by atoms with Crippen LogP contribution in [0.3, 0.4) is 0 Å². The number of hydrogen-bond donors (Lipinski definition) is 1. The van der Waals surface area contributed by atoms with E-state index in [1.165, 1.54) is 10.9 Å². The molecule has 0 aliphatic carbocycles. The predicted octanol–water partition coefficient (Wildman–Crippen LogP) is 2.52. The molecule has 0 N–H and O–H groups in total. The number of fused-ring (bicyclic) bond motifs is 1. The van der Waals surface area contributed by atoms with Gasteiger partial charge in [0.25, 0.3) is 0 Å². The molecule has 2 rings (SSSR count). The Morgan fingerprint density at radius 1 is 1.50 bits per heavy atom. The molecule has 3 heteroatoms. The van der Waals surface area contributed by atoms with E-state index < -0.39 is 0 Å². The number of hydrogen-bond acceptors (Lipinski definition) is 2. The highest BCUT2D eigenvalue weighted by atomic mass is 32.1. The fourth-order valence-electron chi connectivity index (χ4n) is 1.45. The van der Waals surface area contributed by atoms with E-state index in [0.29, 0.717) is 0 Å². The lowest BCUT2D eigenvalue weighted by atomic mass is 10.1. The zero-order valence-corrected chi connectivity index (χ0v) is 8.91. The summed E-state index contributed by atoms with van der Waals surface area (Å²) in [5.74, 6) is 0.767. The lowest BCUT2D eigenvalue weighted by molar-refractivity contribution is 0.797. The second-order valence-electron chi connectivity index (χ2n) is 3.17. The molecule has 14 heavy (non-hydrogen) atoms. The van der Waals surface area contributed by atoms with Gasteiger partial charge in [0.2, 0.25) is 0 Å². The summed E-state index contributed by atoms with van der Waals surface area (Å²) in [5, 5.41) is 5.37. The molecule has 2 aromatic rings. The monoisotopic (exact) mass is 204 g/mol. The molecule has 2 nitrogen and oxygen atoms in total. The maximum Gasteiger partial charge on any atom is 0.0685 e. The van der Waals surface area contributed by atoms with Gasteiger partial charge < -0.3 is 0 Å². The molecule has 0 radical (unpaired) electrons. The van der Waals surface area contributed by atoms with Crippen molar-refractivity contribution in [1.82, 2.24) is 9.78 Å². The molecule has 0 saturated heterocycles. The van der Waals surface area contributed by atoms with Gasteiger partial charge in [-0.25, -0.2) is 0 Å². The van der Waals surface area contributed by atoms with Gasteiger partial charge in [-0.1, -0.05) is 24.3 Å². The minimum absolute atomic E-state index is 0.767. The number of aryl methyl sites for hydroxylation is 1. The van der Waals surface area contributed by atoms with Crippen LogP contribution in [0, 0.1) is 0 Å². The number of nitrogens with zero attached hydrogens (tertiary/aromatic N) is 2. The summed E-state index contributed by atoms with van der Waals surface area (Å²) in [4.78, 5) is 0. The van der Waals surface area contributed by atoms with Crippen molar-refractivity contribution < 1.29 is 0 Å². The van der Waals surface area contributed by atoms with E-state index in [9.17, 15) is 0 Å². The average Bonchev–Trinajstić information content (AvgIpc) is 2.57. The number of thiol groups is 1. The number of aromatic nitrogens is 2. The van der Waals surface area contributed by atoms with Crippen molar-refractivity contribution in [3.63, 3.8) is 0 Å². The van der Waals surface area contributed by atoms with Crippen molar-refractivity contribution in [3.8, 4) is 0 Å². The maximum atomic E-state index is 4.19. The van der Waals surface area contributed by atoms with Gasteiger partial charge in [0.15, 0.2) is 0 Å². The molecule has 0 saturated carbocycles. The van der Waals surface area contributed by atoms with Crippen LogP contribution < -0.4 is 0 Å². The molecular weight excluding hydrogens is 192 g/mol. The van der Waals surface area contributed by atoms with E-state index in [-0.39, 0.29) is 0 Å². The summed E-state index contributed by atoms with van der Waals surface area (Å²) in [6, 6.07) is 6.30. The van der Waals surface area contributed by atoms with Gasteiger partial charge in [-0.2, -0.15) is 17.7 Å². The maximum absolute atomic E-state index is 4.19. The van der Waals surface area contributed by atoms with Crippen LogP contribution in [0.1, 0.15) is 5.56 Å². The van der Waals surface area contributed by atoms with Crippen LogP contribution in [0.15, 0.2) is 30.5 Å². The molecule has 1 aromatic heterocycles. The standard InChI is InChI=1S/C11H12N2S/c1-13-11-7-9(3-2-6-14)4-5-10(11)8-12-13/h2-5,7-8,14H,6H2,1H3. The van der Waals surface area contributed by atoms with E-state index in [1.54, 1.807) is 0 Å². The van der Waals surface area contributed by atoms with E-state index in [0.717, 1.165) is 11.3 Å². The van der Waals surface area contributed by atoms with Crippen molar-refractivity contribution in [2.45, 2.75) is 0 Å². The molecule has 0 spiro atoms. The highest BCUT2D eigenvalue weighted by Crippen LogP contribution is 2.15. The van der Waals surface area contributed by atoms with Crippen molar-refractivity contribution in [3.05, 3.63) is 36.0 Å². The van der Waals surface area contributed by atoms with Gasteiger partial charge in [-0.15, -0.1) is 0 Å². The third-order valence-corrected chi connectivity index (χ3v) is 2.40. The topological polar surface area (TPSA) is 17.8 Å². The molecular formula is C11H12N2S. The Bertz CT molecular complexity index is 471. The molecule has 0 amide bonds. The first-order chi connectivity index (χ1) is 6.81. The Kier molecular flexibility index (Phi) is 2.59. The molecule has 72 valence electrons. The Morgan fingerprint density at radius 2 is 2.36 bits per heavy atom. The summed E-state index contributed by atoms with van der Waals surface area (Å²) in [6.07, 6.45) is 5.97. The molecule has 0 fully saturated rings. The first-order valence-electron chi connectivity index (χ1n) is 4.50. The highest BCUT2D eigenvalue weighted by molar-refractivity contribution is 7.80. The van der Waals surface area contributed by atoms with E-state index in [2.05, 4.69) is 42.0 Å². The molecule has 0 aliphatic heterocycles. The van der Waals surface area contributed by atoms with Crippen molar-refractivity contribution in [2.24, 2.45) is 7.05 Å². The van der Waals surface area contributed by atoms with Gasteiger partial charge in [0, 0.05) is 18.2 Å². The van der Waals surface area contributed by atoms with Gasteiger partial charge in [0.05, 0.1) is 11.7 Å². The molecule has 0 unspecified atom stereocenters. The number of benzene rings is 1. The summed E-state index contributed by atoms with van der Waals surface area (Å²) in [6.45, 7) is 0. The summed E-state index contributed by atoms with van der Waals surface area (Å²) in [7, 11) is 1.95. The fraction of sp³-hybridized carbons (Fsp3) is 0.182. The predicted molar refractivity (Wildman–Crippen MR) is 63.6 cm³/mol. The fourth-order valence-corrected chi connectivity index (χ4v) is 1.56. The Hall–Kier alpha value is -1.22. The van der Waals surface area contributed by atoms with Crippen molar-refractivity contribution >= 4 is 29.6 Å². The molecule has 0 aliphatic rings. The van der Waals surface area contributed by atoms with E-state index >= 15 is 0 Å². The van der Waals surface area contributed by atoms with Gasteiger partial charge >= 0.3 is 0 Å². The minimum atomic E-state index is 0.767. The first-order valence-corrected chi connectivity index (χ1v) is 5.13. The smallest absolute Gasteiger partial charge is 0.0685 e. The van der Waals surface area contributed by atoms with Crippen LogP contribution in [0.2, 0.25) is 0 Å². The van der Waals surface area contributed by atoms with Crippen LogP contribution in [-0.2, 0) is 7.05 Å². The van der Waals surface area contributed by atoms with Gasteiger partial charge in [-0.05, 0) is 11.6 Å². The van der Waals surface area contributed by atoms with Crippen LogP contribution >= 0.6 is 12.6 Å².